The Morgan fingerprint density at radius 2 is 1.75 bits per heavy atom. The molecule has 0 atom stereocenters. The van der Waals surface area contributed by atoms with E-state index >= 15 is 0 Å². The SMILES string of the molecule is CNc1ccc(CC(C)C)cc1. The maximum absolute atomic E-state index is 3.11. The van der Waals surface area contributed by atoms with Crippen molar-refractivity contribution >= 4 is 5.69 Å². The van der Waals surface area contributed by atoms with Crippen LogP contribution in [0.2, 0.25) is 0 Å². The molecule has 1 rings (SSSR count). The molecular formula is C11H17N. The summed E-state index contributed by atoms with van der Waals surface area (Å²) in [6.07, 6.45) is 1.17. The molecule has 0 saturated heterocycles. The second-order valence-corrected chi connectivity index (χ2v) is 3.54. The van der Waals surface area contributed by atoms with Gasteiger partial charge in [-0.15, -0.1) is 0 Å². The van der Waals surface area contributed by atoms with E-state index in [9.17, 15) is 0 Å². The molecule has 0 aliphatic rings. The zero-order valence-electron chi connectivity index (χ0n) is 8.09. The zero-order valence-corrected chi connectivity index (χ0v) is 8.09. The summed E-state index contributed by atoms with van der Waals surface area (Å²) in [5.41, 5.74) is 2.60. The second kappa shape index (κ2) is 4.15. The highest BCUT2D eigenvalue weighted by molar-refractivity contribution is 5.43. The molecule has 0 spiro atoms. The van der Waals surface area contributed by atoms with Crippen LogP contribution in [0, 0.1) is 5.92 Å². The number of hydrogen-bond donors (Lipinski definition) is 1. The fourth-order valence-electron chi connectivity index (χ4n) is 1.28. The van der Waals surface area contributed by atoms with Crippen LogP contribution in [0.15, 0.2) is 24.3 Å². The van der Waals surface area contributed by atoms with Crippen LogP contribution in [0.3, 0.4) is 0 Å². The van der Waals surface area contributed by atoms with Gasteiger partial charge in [0.25, 0.3) is 0 Å². The number of nitrogens with one attached hydrogen (secondary N) is 1. The van der Waals surface area contributed by atoms with Crippen molar-refractivity contribution in [1.29, 1.82) is 0 Å². The minimum absolute atomic E-state index is 0.741. The molecule has 0 saturated carbocycles. The van der Waals surface area contributed by atoms with Crippen LogP contribution in [0.5, 0.6) is 0 Å². The Hall–Kier alpha value is -0.980. The van der Waals surface area contributed by atoms with Crippen molar-refractivity contribution in [3.8, 4) is 0 Å². The van der Waals surface area contributed by atoms with Gasteiger partial charge in [-0.05, 0) is 30.0 Å². The first-order valence-corrected chi connectivity index (χ1v) is 4.49. The van der Waals surface area contributed by atoms with E-state index in [4.69, 9.17) is 0 Å². The van der Waals surface area contributed by atoms with Gasteiger partial charge in [0, 0.05) is 12.7 Å². The standard InChI is InChI=1S/C11H17N/c1-9(2)8-10-4-6-11(12-3)7-5-10/h4-7,9,12H,8H2,1-3H3. The molecule has 1 heteroatoms. The number of benzene rings is 1. The molecule has 0 bridgehead atoms. The van der Waals surface area contributed by atoms with Gasteiger partial charge in [0.1, 0.15) is 0 Å². The molecule has 1 aromatic rings. The number of rotatable bonds is 3. The fraction of sp³-hybridized carbons (Fsp3) is 0.455. The molecule has 1 nitrogen and oxygen atoms in total. The zero-order chi connectivity index (χ0) is 8.97. The van der Waals surface area contributed by atoms with Crippen LogP contribution in [0.4, 0.5) is 5.69 Å². The minimum Gasteiger partial charge on any atom is -0.388 e. The average molecular weight is 163 g/mol. The van der Waals surface area contributed by atoms with E-state index in [0.717, 1.165) is 5.92 Å². The van der Waals surface area contributed by atoms with E-state index in [1.54, 1.807) is 0 Å². The third-order valence-corrected chi connectivity index (χ3v) is 1.89. The minimum atomic E-state index is 0.741. The van der Waals surface area contributed by atoms with Gasteiger partial charge in [0.05, 0.1) is 0 Å². The first kappa shape index (κ1) is 9.11. The van der Waals surface area contributed by atoms with Gasteiger partial charge in [-0.25, -0.2) is 0 Å². The van der Waals surface area contributed by atoms with Crippen molar-refractivity contribution in [2.24, 2.45) is 5.92 Å². The molecule has 0 aromatic heterocycles. The van der Waals surface area contributed by atoms with Crippen LogP contribution in [-0.4, -0.2) is 7.05 Å². The Kier molecular flexibility index (Phi) is 3.15. The molecule has 0 aliphatic carbocycles. The lowest BCUT2D eigenvalue weighted by molar-refractivity contribution is 0.647. The third-order valence-electron chi connectivity index (χ3n) is 1.89. The lowest BCUT2D eigenvalue weighted by atomic mass is 10.0. The second-order valence-electron chi connectivity index (χ2n) is 3.54. The maximum atomic E-state index is 3.11. The van der Waals surface area contributed by atoms with Crippen LogP contribution >= 0.6 is 0 Å². The molecule has 0 radical (unpaired) electrons. The van der Waals surface area contributed by atoms with E-state index in [-0.39, 0.29) is 0 Å². The molecular weight excluding hydrogens is 146 g/mol. The van der Waals surface area contributed by atoms with Gasteiger partial charge >= 0.3 is 0 Å². The van der Waals surface area contributed by atoms with E-state index in [1.807, 2.05) is 7.05 Å². The van der Waals surface area contributed by atoms with Crippen LogP contribution in [-0.2, 0) is 6.42 Å². The molecule has 1 N–H and O–H groups in total. The van der Waals surface area contributed by atoms with Gasteiger partial charge < -0.3 is 5.32 Å². The van der Waals surface area contributed by atoms with Crippen molar-refractivity contribution in [2.75, 3.05) is 12.4 Å². The lowest BCUT2D eigenvalue weighted by Gasteiger charge is -2.05. The lowest BCUT2D eigenvalue weighted by Crippen LogP contribution is -1.94. The third kappa shape index (κ3) is 2.57. The summed E-state index contributed by atoms with van der Waals surface area (Å²) in [5, 5.41) is 3.11. The predicted molar refractivity (Wildman–Crippen MR) is 54.5 cm³/mol. The summed E-state index contributed by atoms with van der Waals surface area (Å²) >= 11 is 0. The predicted octanol–water partition coefficient (Wildman–Crippen LogP) is 2.93. The van der Waals surface area contributed by atoms with Gasteiger partial charge in [-0.3, -0.25) is 0 Å². The van der Waals surface area contributed by atoms with Crippen molar-refractivity contribution < 1.29 is 0 Å². The van der Waals surface area contributed by atoms with Crippen LogP contribution in [0.1, 0.15) is 19.4 Å². The molecule has 0 aliphatic heterocycles. The van der Waals surface area contributed by atoms with Crippen LogP contribution in [0.25, 0.3) is 0 Å². The topological polar surface area (TPSA) is 12.0 Å². The summed E-state index contributed by atoms with van der Waals surface area (Å²) in [6.45, 7) is 4.48. The first-order chi connectivity index (χ1) is 5.72. The van der Waals surface area contributed by atoms with Crippen LogP contribution < -0.4 is 5.32 Å². The number of hydrogen-bond acceptors (Lipinski definition) is 1. The molecule has 0 fully saturated rings. The van der Waals surface area contributed by atoms with Gasteiger partial charge in [0.15, 0.2) is 0 Å². The van der Waals surface area contributed by atoms with Crippen molar-refractivity contribution in [2.45, 2.75) is 20.3 Å². The first-order valence-electron chi connectivity index (χ1n) is 4.49. The van der Waals surface area contributed by atoms with Crippen molar-refractivity contribution in [3.05, 3.63) is 29.8 Å². The Balaban J connectivity index is 2.65. The summed E-state index contributed by atoms with van der Waals surface area (Å²) in [6, 6.07) is 8.62. The highest BCUT2D eigenvalue weighted by Gasteiger charge is 1.96. The van der Waals surface area contributed by atoms with Gasteiger partial charge in [-0.1, -0.05) is 26.0 Å². The fourth-order valence-corrected chi connectivity index (χ4v) is 1.28. The number of anilines is 1. The van der Waals surface area contributed by atoms with E-state index < -0.39 is 0 Å². The highest BCUT2D eigenvalue weighted by Crippen LogP contribution is 2.11. The van der Waals surface area contributed by atoms with E-state index in [2.05, 4.69) is 43.4 Å². The highest BCUT2D eigenvalue weighted by atomic mass is 14.8. The Bertz CT molecular complexity index is 223. The molecule has 66 valence electrons. The normalized spacial score (nSPS) is 10.3. The maximum Gasteiger partial charge on any atom is 0.0337 e. The summed E-state index contributed by atoms with van der Waals surface area (Å²) < 4.78 is 0. The molecule has 12 heavy (non-hydrogen) atoms. The molecule has 0 heterocycles. The monoisotopic (exact) mass is 163 g/mol. The summed E-state index contributed by atoms with van der Waals surface area (Å²) in [4.78, 5) is 0. The largest absolute Gasteiger partial charge is 0.388 e. The Morgan fingerprint density at radius 3 is 2.17 bits per heavy atom. The van der Waals surface area contributed by atoms with E-state index in [0.29, 0.717) is 0 Å². The Morgan fingerprint density at radius 1 is 1.17 bits per heavy atom. The average Bonchev–Trinajstić information content (AvgIpc) is 2.05. The molecule has 0 amide bonds. The van der Waals surface area contributed by atoms with Gasteiger partial charge in [-0.2, -0.15) is 0 Å². The Labute approximate surface area is 74.8 Å². The quantitative estimate of drug-likeness (QED) is 0.722. The van der Waals surface area contributed by atoms with Crippen molar-refractivity contribution in [3.63, 3.8) is 0 Å². The van der Waals surface area contributed by atoms with Gasteiger partial charge in [0.2, 0.25) is 0 Å². The van der Waals surface area contributed by atoms with Crippen molar-refractivity contribution in [1.82, 2.24) is 0 Å². The summed E-state index contributed by atoms with van der Waals surface area (Å²) in [5.74, 6) is 0.741. The molecule has 0 unspecified atom stereocenters. The summed E-state index contributed by atoms with van der Waals surface area (Å²) in [7, 11) is 1.94. The molecule has 1 aromatic carbocycles. The van der Waals surface area contributed by atoms with E-state index in [1.165, 1.54) is 17.7 Å². The smallest absolute Gasteiger partial charge is 0.0337 e.